The summed E-state index contributed by atoms with van der Waals surface area (Å²) in [6.07, 6.45) is 1.76. The van der Waals surface area contributed by atoms with Crippen molar-refractivity contribution in [3.8, 4) is 5.69 Å². The molecule has 0 amide bonds. The third-order valence-corrected chi connectivity index (χ3v) is 6.79. The summed E-state index contributed by atoms with van der Waals surface area (Å²) in [5.41, 5.74) is 1.67. The average Bonchev–Trinajstić information content (AvgIpc) is 2.84. The van der Waals surface area contributed by atoms with Gasteiger partial charge in [-0.1, -0.05) is 6.92 Å². The highest BCUT2D eigenvalue weighted by Gasteiger charge is 2.33. The van der Waals surface area contributed by atoms with Crippen LogP contribution in [0.4, 0.5) is 4.39 Å². The minimum Gasteiger partial charge on any atom is -0.236 e. The summed E-state index contributed by atoms with van der Waals surface area (Å²) in [4.78, 5) is 0.265. The van der Waals surface area contributed by atoms with E-state index in [0.717, 1.165) is 12.8 Å². The second kappa shape index (κ2) is 6.29. The number of aryl methyl sites for hydroxylation is 1. The van der Waals surface area contributed by atoms with Crippen LogP contribution in [-0.2, 0) is 10.0 Å². The molecular formula is C17H22FN3O2S. The van der Waals surface area contributed by atoms with Crippen molar-refractivity contribution in [2.45, 2.75) is 38.5 Å². The molecule has 0 aliphatic carbocycles. The number of halogens is 1. The maximum absolute atomic E-state index is 13.1. The molecule has 0 N–H and O–H groups in total. The van der Waals surface area contributed by atoms with Crippen LogP contribution in [0.3, 0.4) is 0 Å². The van der Waals surface area contributed by atoms with E-state index in [1.165, 1.54) is 12.1 Å². The predicted octanol–water partition coefficient (Wildman–Crippen LogP) is 3.05. The molecule has 1 saturated heterocycles. The number of hydrogen-bond donors (Lipinski definition) is 0. The van der Waals surface area contributed by atoms with Crippen molar-refractivity contribution in [3.05, 3.63) is 41.5 Å². The molecule has 2 aromatic rings. The number of hydrogen-bond acceptors (Lipinski definition) is 3. The zero-order chi connectivity index (χ0) is 17.5. The van der Waals surface area contributed by atoms with Crippen LogP contribution in [0.5, 0.6) is 0 Å². The summed E-state index contributed by atoms with van der Waals surface area (Å²) in [7, 11) is -3.57. The number of piperidine rings is 1. The third-order valence-electron chi connectivity index (χ3n) is 4.64. The summed E-state index contributed by atoms with van der Waals surface area (Å²) in [5.74, 6) is 0.219. The quantitative estimate of drug-likeness (QED) is 0.854. The molecule has 0 saturated carbocycles. The lowest BCUT2D eigenvalue weighted by Gasteiger charge is -2.29. The Morgan fingerprint density at radius 3 is 2.29 bits per heavy atom. The lowest BCUT2D eigenvalue weighted by molar-refractivity contribution is 0.288. The van der Waals surface area contributed by atoms with Crippen LogP contribution in [0, 0.1) is 25.6 Å². The molecule has 1 aliphatic rings. The number of aromatic nitrogens is 2. The average molecular weight is 351 g/mol. The molecule has 5 nitrogen and oxygen atoms in total. The highest BCUT2D eigenvalue weighted by molar-refractivity contribution is 7.89. The molecule has 2 heterocycles. The Bertz CT molecular complexity index is 835. The standard InChI is InChI=1S/C17H22FN3O2S/c1-12-8-10-20(11-9-12)24(22,23)17-13(2)19-21(14(17)3)16-6-4-15(18)5-7-16/h4-7,12H,8-11H2,1-3H3. The SMILES string of the molecule is Cc1nn(-c2ccc(F)cc2)c(C)c1S(=O)(=O)N1CCC(C)CC1. The molecule has 0 radical (unpaired) electrons. The molecule has 24 heavy (non-hydrogen) atoms. The van der Waals surface area contributed by atoms with Gasteiger partial charge in [-0.25, -0.2) is 17.5 Å². The molecular weight excluding hydrogens is 329 g/mol. The monoisotopic (exact) mass is 351 g/mol. The first kappa shape index (κ1) is 17.1. The second-order valence-corrected chi connectivity index (χ2v) is 8.35. The van der Waals surface area contributed by atoms with E-state index in [1.807, 2.05) is 0 Å². The van der Waals surface area contributed by atoms with Crippen molar-refractivity contribution in [1.82, 2.24) is 14.1 Å². The molecule has 1 aromatic heterocycles. The summed E-state index contributed by atoms with van der Waals surface area (Å²) in [6.45, 7) is 6.68. The van der Waals surface area contributed by atoms with Crippen LogP contribution in [0.1, 0.15) is 31.2 Å². The molecule has 0 unspecified atom stereocenters. The highest BCUT2D eigenvalue weighted by atomic mass is 32.2. The molecule has 0 spiro atoms. The van der Waals surface area contributed by atoms with E-state index in [1.54, 1.807) is 35.0 Å². The Hall–Kier alpha value is -1.73. The fraction of sp³-hybridized carbons (Fsp3) is 0.471. The lowest BCUT2D eigenvalue weighted by atomic mass is 10.0. The van der Waals surface area contributed by atoms with Gasteiger partial charge < -0.3 is 0 Å². The summed E-state index contributed by atoms with van der Waals surface area (Å²) >= 11 is 0. The molecule has 0 bridgehead atoms. The summed E-state index contributed by atoms with van der Waals surface area (Å²) in [5, 5.41) is 4.37. The largest absolute Gasteiger partial charge is 0.246 e. The van der Waals surface area contributed by atoms with E-state index >= 15 is 0 Å². The Balaban J connectivity index is 2.01. The van der Waals surface area contributed by atoms with Crippen LogP contribution in [0.15, 0.2) is 29.2 Å². The van der Waals surface area contributed by atoms with Crippen molar-refractivity contribution in [2.75, 3.05) is 13.1 Å². The predicted molar refractivity (Wildman–Crippen MR) is 90.2 cm³/mol. The number of sulfonamides is 1. The maximum atomic E-state index is 13.1. The zero-order valence-corrected chi connectivity index (χ0v) is 15.0. The normalized spacial score (nSPS) is 17.3. The second-order valence-electron chi connectivity index (χ2n) is 6.47. The van der Waals surface area contributed by atoms with Crippen molar-refractivity contribution >= 4 is 10.0 Å². The minimum atomic E-state index is -3.57. The zero-order valence-electron chi connectivity index (χ0n) is 14.2. The van der Waals surface area contributed by atoms with E-state index in [2.05, 4.69) is 12.0 Å². The van der Waals surface area contributed by atoms with Crippen molar-refractivity contribution in [3.63, 3.8) is 0 Å². The number of nitrogens with zero attached hydrogens (tertiary/aromatic N) is 3. The molecule has 130 valence electrons. The van der Waals surface area contributed by atoms with Crippen molar-refractivity contribution in [1.29, 1.82) is 0 Å². The van der Waals surface area contributed by atoms with Gasteiger partial charge in [0.2, 0.25) is 10.0 Å². The van der Waals surface area contributed by atoms with Gasteiger partial charge in [0.1, 0.15) is 10.7 Å². The van der Waals surface area contributed by atoms with Gasteiger partial charge in [-0.05, 0) is 56.9 Å². The molecule has 7 heteroatoms. The van der Waals surface area contributed by atoms with Gasteiger partial charge in [-0.2, -0.15) is 9.40 Å². The lowest BCUT2D eigenvalue weighted by Crippen LogP contribution is -2.38. The van der Waals surface area contributed by atoms with Gasteiger partial charge in [0.25, 0.3) is 0 Å². The van der Waals surface area contributed by atoms with E-state index in [-0.39, 0.29) is 10.7 Å². The van der Waals surface area contributed by atoms with Crippen LogP contribution in [0.2, 0.25) is 0 Å². The maximum Gasteiger partial charge on any atom is 0.246 e. The van der Waals surface area contributed by atoms with E-state index in [9.17, 15) is 12.8 Å². The molecule has 1 aromatic carbocycles. The Morgan fingerprint density at radius 2 is 1.71 bits per heavy atom. The fourth-order valence-corrected chi connectivity index (χ4v) is 5.01. The van der Waals surface area contributed by atoms with Gasteiger partial charge in [0, 0.05) is 13.1 Å². The van der Waals surface area contributed by atoms with Crippen LogP contribution >= 0.6 is 0 Å². The van der Waals surface area contributed by atoms with Crippen LogP contribution < -0.4 is 0 Å². The summed E-state index contributed by atoms with van der Waals surface area (Å²) in [6, 6.07) is 5.86. The fourth-order valence-electron chi connectivity index (χ4n) is 3.19. The topological polar surface area (TPSA) is 55.2 Å². The highest BCUT2D eigenvalue weighted by Crippen LogP contribution is 2.28. The minimum absolute atomic E-state index is 0.265. The van der Waals surface area contributed by atoms with Gasteiger partial charge in [0.05, 0.1) is 17.1 Å². The Labute approximate surface area is 142 Å². The summed E-state index contributed by atoms with van der Waals surface area (Å²) < 4.78 is 42.3. The molecule has 3 rings (SSSR count). The van der Waals surface area contributed by atoms with Gasteiger partial charge in [-0.15, -0.1) is 0 Å². The third kappa shape index (κ3) is 2.98. The van der Waals surface area contributed by atoms with Crippen molar-refractivity contribution in [2.24, 2.45) is 5.92 Å². The van der Waals surface area contributed by atoms with Crippen molar-refractivity contribution < 1.29 is 12.8 Å². The molecule has 0 atom stereocenters. The smallest absolute Gasteiger partial charge is 0.236 e. The first-order chi connectivity index (χ1) is 11.3. The molecule has 1 aliphatic heterocycles. The first-order valence-corrected chi connectivity index (χ1v) is 9.57. The van der Waals surface area contributed by atoms with Gasteiger partial charge >= 0.3 is 0 Å². The van der Waals surface area contributed by atoms with Gasteiger partial charge in [-0.3, -0.25) is 0 Å². The van der Waals surface area contributed by atoms with E-state index in [4.69, 9.17) is 0 Å². The van der Waals surface area contributed by atoms with E-state index < -0.39 is 10.0 Å². The molecule has 1 fully saturated rings. The number of benzene rings is 1. The Kier molecular flexibility index (Phi) is 4.48. The van der Waals surface area contributed by atoms with E-state index in [0.29, 0.717) is 36.1 Å². The number of rotatable bonds is 3. The van der Waals surface area contributed by atoms with Crippen LogP contribution in [0.25, 0.3) is 5.69 Å². The first-order valence-electron chi connectivity index (χ1n) is 8.13. The Morgan fingerprint density at radius 1 is 1.12 bits per heavy atom. The van der Waals surface area contributed by atoms with Crippen LogP contribution in [-0.4, -0.2) is 35.6 Å². The van der Waals surface area contributed by atoms with Gasteiger partial charge in [0.15, 0.2) is 0 Å².